The summed E-state index contributed by atoms with van der Waals surface area (Å²) in [6.07, 6.45) is 37.7. The van der Waals surface area contributed by atoms with E-state index in [2.05, 4.69) is 13.8 Å². The Bertz CT molecular complexity index is 572. The van der Waals surface area contributed by atoms with Crippen molar-refractivity contribution in [3.8, 4) is 0 Å². The van der Waals surface area contributed by atoms with Crippen LogP contribution in [-0.2, 0) is 9.59 Å². The minimum absolute atomic E-state index is 0.275. The molecule has 0 aliphatic heterocycles. The zero-order chi connectivity index (χ0) is 31.9. The van der Waals surface area contributed by atoms with E-state index in [1.54, 1.807) is 0 Å². The summed E-state index contributed by atoms with van der Waals surface area (Å²) in [6, 6.07) is 0. The topological polar surface area (TPSA) is 80.4 Å². The Labute approximate surface area is 269 Å². The standard InChI is InChI=1S/C39H77NO3/c1-4-6-8-10-12-14-16-18-20-22-24-26-28-30-32-34-37(42)39(40,36(3)41)38(43)35-33-31-29-27-25-23-21-19-17-15-13-11-9-7-5-2/h36,41H,4-35,40H2,1-3H3. The van der Waals surface area contributed by atoms with Gasteiger partial charge in [0.1, 0.15) is 0 Å². The maximum absolute atomic E-state index is 12.9. The average Bonchev–Trinajstić information content (AvgIpc) is 3.00. The maximum Gasteiger partial charge on any atom is 0.162 e. The summed E-state index contributed by atoms with van der Waals surface area (Å²) < 4.78 is 0. The van der Waals surface area contributed by atoms with Crippen LogP contribution in [0.4, 0.5) is 0 Å². The SMILES string of the molecule is CCCCCCCCCCCCCCCCCC(=O)C(N)(C(=O)CCCCCCCCCCCCCCCCC)C(C)O. The molecule has 256 valence electrons. The molecule has 0 aliphatic rings. The number of hydrogen-bond acceptors (Lipinski definition) is 4. The van der Waals surface area contributed by atoms with Gasteiger partial charge in [0.05, 0.1) is 6.10 Å². The molecule has 43 heavy (non-hydrogen) atoms. The van der Waals surface area contributed by atoms with Crippen LogP contribution in [0.1, 0.15) is 226 Å². The normalized spacial score (nSPS) is 12.6. The molecule has 3 N–H and O–H groups in total. The maximum atomic E-state index is 12.9. The van der Waals surface area contributed by atoms with E-state index in [0.29, 0.717) is 12.8 Å². The number of rotatable bonds is 35. The minimum atomic E-state index is -1.73. The fraction of sp³-hybridized carbons (Fsp3) is 0.949. The zero-order valence-corrected chi connectivity index (χ0v) is 29.5. The number of hydrogen-bond donors (Lipinski definition) is 2. The quantitative estimate of drug-likeness (QED) is 0.0554. The number of aliphatic hydroxyl groups is 1. The van der Waals surface area contributed by atoms with Gasteiger partial charge in [-0.2, -0.15) is 0 Å². The number of aliphatic hydroxyl groups excluding tert-OH is 1. The molecule has 0 bridgehead atoms. The van der Waals surface area contributed by atoms with Crippen molar-refractivity contribution in [2.45, 2.75) is 238 Å². The van der Waals surface area contributed by atoms with Crippen LogP contribution in [-0.4, -0.2) is 28.3 Å². The van der Waals surface area contributed by atoms with Crippen molar-refractivity contribution in [3.63, 3.8) is 0 Å². The van der Waals surface area contributed by atoms with Crippen LogP contribution in [0, 0.1) is 0 Å². The Morgan fingerprint density at radius 1 is 0.442 bits per heavy atom. The van der Waals surface area contributed by atoms with Crippen molar-refractivity contribution in [3.05, 3.63) is 0 Å². The van der Waals surface area contributed by atoms with Gasteiger partial charge in [-0.15, -0.1) is 0 Å². The third kappa shape index (κ3) is 24.2. The van der Waals surface area contributed by atoms with Gasteiger partial charge in [-0.25, -0.2) is 0 Å². The second kappa shape index (κ2) is 31.3. The largest absolute Gasteiger partial charge is 0.391 e. The number of carbonyl (C=O) groups excluding carboxylic acids is 2. The summed E-state index contributed by atoms with van der Waals surface area (Å²) in [6.45, 7) is 6.04. The fourth-order valence-corrected chi connectivity index (χ4v) is 6.35. The first-order chi connectivity index (χ1) is 20.9. The number of unbranched alkanes of at least 4 members (excludes halogenated alkanes) is 28. The van der Waals surface area contributed by atoms with Crippen LogP contribution in [0.3, 0.4) is 0 Å². The summed E-state index contributed by atoms with van der Waals surface area (Å²) >= 11 is 0. The Kier molecular flexibility index (Phi) is 30.7. The zero-order valence-electron chi connectivity index (χ0n) is 29.5. The summed E-state index contributed by atoms with van der Waals surface area (Å²) in [5.41, 5.74) is 4.57. The lowest BCUT2D eigenvalue weighted by Gasteiger charge is -2.29. The van der Waals surface area contributed by atoms with Gasteiger partial charge in [-0.1, -0.05) is 194 Å². The summed E-state index contributed by atoms with van der Waals surface area (Å²) in [7, 11) is 0. The molecule has 0 aromatic heterocycles. The van der Waals surface area contributed by atoms with E-state index in [1.807, 2.05) is 0 Å². The highest BCUT2D eigenvalue weighted by Gasteiger charge is 2.44. The molecule has 4 heteroatoms. The van der Waals surface area contributed by atoms with Crippen molar-refractivity contribution in [2.75, 3.05) is 0 Å². The van der Waals surface area contributed by atoms with Gasteiger partial charge in [-0.3, -0.25) is 9.59 Å². The predicted octanol–water partition coefficient (Wildman–Crippen LogP) is 11.7. The number of Topliss-reactive ketones (excluding diaryl/α,β-unsaturated/α-hetero) is 2. The lowest BCUT2D eigenvalue weighted by molar-refractivity contribution is -0.139. The van der Waals surface area contributed by atoms with Gasteiger partial charge in [-0.05, 0) is 19.8 Å². The monoisotopic (exact) mass is 608 g/mol. The molecule has 1 atom stereocenters. The smallest absolute Gasteiger partial charge is 0.162 e. The van der Waals surface area contributed by atoms with Crippen LogP contribution < -0.4 is 5.73 Å². The van der Waals surface area contributed by atoms with E-state index < -0.39 is 11.6 Å². The van der Waals surface area contributed by atoms with E-state index in [-0.39, 0.29) is 11.6 Å². The first kappa shape index (κ1) is 42.3. The Balaban J connectivity index is 3.80. The Morgan fingerprint density at radius 2 is 0.628 bits per heavy atom. The van der Waals surface area contributed by atoms with E-state index in [1.165, 1.54) is 161 Å². The van der Waals surface area contributed by atoms with Crippen molar-refractivity contribution < 1.29 is 14.7 Å². The molecule has 0 aliphatic carbocycles. The first-order valence-corrected chi connectivity index (χ1v) is 19.4. The summed E-state index contributed by atoms with van der Waals surface area (Å²) in [4.78, 5) is 25.9. The number of nitrogens with two attached hydrogens (primary N) is 1. The summed E-state index contributed by atoms with van der Waals surface area (Å²) in [5, 5.41) is 10.3. The van der Waals surface area contributed by atoms with Crippen LogP contribution >= 0.6 is 0 Å². The highest BCUT2D eigenvalue weighted by molar-refractivity contribution is 6.12. The number of ketones is 2. The second-order valence-corrected chi connectivity index (χ2v) is 13.8. The van der Waals surface area contributed by atoms with E-state index in [0.717, 1.165) is 38.5 Å². The van der Waals surface area contributed by atoms with E-state index in [4.69, 9.17) is 5.73 Å². The molecule has 0 radical (unpaired) electrons. The molecule has 4 nitrogen and oxygen atoms in total. The fourth-order valence-electron chi connectivity index (χ4n) is 6.35. The average molecular weight is 608 g/mol. The molecule has 0 aromatic rings. The molecule has 0 spiro atoms. The second-order valence-electron chi connectivity index (χ2n) is 13.8. The predicted molar refractivity (Wildman–Crippen MR) is 188 cm³/mol. The van der Waals surface area contributed by atoms with Gasteiger partial charge in [0.15, 0.2) is 17.1 Å². The third-order valence-electron chi connectivity index (χ3n) is 9.60. The molecule has 0 fully saturated rings. The van der Waals surface area contributed by atoms with Gasteiger partial charge >= 0.3 is 0 Å². The van der Waals surface area contributed by atoms with Crippen molar-refractivity contribution >= 4 is 11.6 Å². The van der Waals surface area contributed by atoms with Gasteiger partial charge < -0.3 is 10.8 Å². The van der Waals surface area contributed by atoms with Crippen LogP contribution in [0.15, 0.2) is 0 Å². The Morgan fingerprint density at radius 3 is 0.814 bits per heavy atom. The van der Waals surface area contributed by atoms with Gasteiger partial charge in [0.25, 0.3) is 0 Å². The molecule has 0 heterocycles. The third-order valence-corrected chi connectivity index (χ3v) is 9.60. The lowest BCUT2D eigenvalue weighted by Crippen LogP contribution is -2.62. The van der Waals surface area contributed by atoms with Crippen molar-refractivity contribution in [1.29, 1.82) is 0 Å². The molecule has 0 aromatic carbocycles. The molecule has 0 rings (SSSR count). The van der Waals surface area contributed by atoms with E-state index >= 15 is 0 Å². The van der Waals surface area contributed by atoms with Crippen LogP contribution in [0.2, 0.25) is 0 Å². The molecular weight excluding hydrogens is 530 g/mol. The van der Waals surface area contributed by atoms with E-state index in [9.17, 15) is 14.7 Å². The molecule has 0 amide bonds. The van der Waals surface area contributed by atoms with Gasteiger partial charge in [0.2, 0.25) is 0 Å². The molecular formula is C39H77NO3. The van der Waals surface area contributed by atoms with Crippen LogP contribution in [0.5, 0.6) is 0 Å². The highest BCUT2D eigenvalue weighted by atomic mass is 16.3. The highest BCUT2D eigenvalue weighted by Crippen LogP contribution is 2.21. The van der Waals surface area contributed by atoms with Crippen LogP contribution in [0.25, 0.3) is 0 Å². The number of carbonyl (C=O) groups is 2. The van der Waals surface area contributed by atoms with Crippen molar-refractivity contribution in [2.24, 2.45) is 5.73 Å². The lowest BCUT2D eigenvalue weighted by atomic mass is 9.80. The molecule has 0 saturated carbocycles. The molecule has 0 saturated heterocycles. The minimum Gasteiger partial charge on any atom is -0.391 e. The molecule has 1 unspecified atom stereocenters. The first-order valence-electron chi connectivity index (χ1n) is 19.4. The van der Waals surface area contributed by atoms with Gasteiger partial charge in [0, 0.05) is 12.8 Å². The van der Waals surface area contributed by atoms with Crippen molar-refractivity contribution in [1.82, 2.24) is 0 Å². The summed E-state index contributed by atoms with van der Waals surface area (Å²) in [5.74, 6) is -0.550. The Hall–Kier alpha value is -0.740.